The topological polar surface area (TPSA) is 179 Å². The third kappa shape index (κ3) is 12.8. The Morgan fingerprint density at radius 3 is 2.30 bits per heavy atom. The number of ether oxygens (including phenoxy) is 3. The van der Waals surface area contributed by atoms with E-state index < -0.39 is 52.3 Å². The van der Waals surface area contributed by atoms with Gasteiger partial charge in [-0.2, -0.15) is 18.4 Å². The molecule has 2 aliphatic heterocycles. The summed E-state index contributed by atoms with van der Waals surface area (Å²) in [6.07, 6.45) is -0.645. The van der Waals surface area contributed by atoms with E-state index in [-0.39, 0.29) is 35.8 Å². The van der Waals surface area contributed by atoms with Gasteiger partial charge in [-0.3, -0.25) is 24.1 Å². The highest BCUT2D eigenvalue weighted by Crippen LogP contribution is 2.39. The number of nitrogens with one attached hydrogen (secondary N) is 2. The average Bonchev–Trinajstić information content (AvgIpc) is 4.02. The van der Waals surface area contributed by atoms with Crippen molar-refractivity contribution in [2.75, 3.05) is 49.4 Å². The molecule has 2 fully saturated rings. The fourth-order valence-corrected chi connectivity index (χ4v) is 9.37. The molecule has 0 aliphatic carbocycles. The van der Waals surface area contributed by atoms with Gasteiger partial charge in [0.2, 0.25) is 17.7 Å². The fraction of sp³-hybridized carbons (Fsp3) is 0.469. The highest BCUT2D eigenvalue weighted by atomic mass is 32.1. The molecule has 0 radical (unpaired) electrons. The second kappa shape index (κ2) is 22.6. The number of unbranched alkanes of at least 4 members (excludes halogenated alkanes) is 1. The Morgan fingerprint density at radius 2 is 1.65 bits per heavy atom. The van der Waals surface area contributed by atoms with Crippen molar-refractivity contribution in [1.29, 1.82) is 5.26 Å². The molecule has 368 valence electrons. The lowest BCUT2D eigenvalue weighted by atomic mass is 9.85. The van der Waals surface area contributed by atoms with E-state index >= 15 is 0 Å². The van der Waals surface area contributed by atoms with Crippen molar-refractivity contribution in [3.05, 3.63) is 88.8 Å². The normalized spacial score (nSPS) is 16.4. The van der Waals surface area contributed by atoms with Crippen molar-refractivity contribution in [1.82, 2.24) is 25.5 Å². The minimum absolute atomic E-state index is 0.0402. The van der Waals surface area contributed by atoms with Gasteiger partial charge in [-0.15, -0.1) is 11.3 Å². The van der Waals surface area contributed by atoms with E-state index in [9.17, 15) is 32.3 Å². The van der Waals surface area contributed by atoms with E-state index in [0.717, 1.165) is 39.2 Å². The third-order valence-corrected chi connectivity index (χ3v) is 13.1. The van der Waals surface area contributed by atoms with Crippen LogP contribution in [0.3, 0.4) is 0 Å². The van der Waals surface area contributed by atoms with Crippen LogP contribution in [-0.2, 0) is 41.4 Å². The molecule has 2 aromatic carbocycles. The first kappa shape index (κ1) is 52.4. The van der Waals surface area contributed by atoms with Crippen molar-refractivity contribution in [3.63, 3.8) is 0 Å². The molecule has 15 nitrogen and oxygen atoms in total. The highest BCUT2D eigenvalue weighted by Gasteiger charge is 2.51. The largest absolute Gasteiger partial charge is 0.494 e. The second-order valence-electron chi connectivity index (χ2n) is 18.3. The number of amides is 4. The molecule has 2 N–H and O–H groups in total. The molecule has 69 heavy (non-hydrogen) atoms. The molecule has 4 amide bonds. The standard InChI is InChI=1S/C49H57F3N8O7S2/c1-31-41(69-30-56-31)33-14-12-32(13-15-33)27-55-43(62)39-11-9-20-58(39)44(63)42(47(2,3)4)57-40(61)29-66-23-10-22-65-21-7-8-24-67-36-18-16-34(17-19-36)60-46(68)59(45(64)48(60,5)6)35-25-37(49(50,51)52)38(26-53)54-28-35/h12-19,25,28,30,39,42H,7-11,20-24,27,29H2,1-6H3,(H,55,62)(H,57,61)/t39-,42+/m0/s1. The van der Waals surface area contributed by atoms with Crippen LogP contribution < -0.4 is 25.2 Å². The van der Waals surface area contributed by atoms with Crippen molar-refractivity contribution in [3.8, 4) is 22.3 Å². The summed E-state index contributed by atoms with van der Waals surface area (Å²) in [6, 6.07) is 15.4. The third-order valence-electron chi connectivity index (χ3n) is 11.8. The van der Waals surface area contributed by atoms with Gasteiger partial charge in [0.05, 0.1) is 40.1 Å². The monoisotopic (exact) mass is 990 g/mol. The van der Waals surface area contributed by atoms with Gasteiger partial charge in [0.25, 0.3) is 5.91 Å². The zero-order valence-electron chi connectivity index (χ0n) is 39.5. The van der Waals surface area contributed by atoms with Crippen molar-refractivity contribution < 1.29 is 46.6 Å². The summed E-state index contributed by atoms with van der Waals surface area (Å²) in [7, 11) is 0. The number of hydrogen-bond donors (Lipinski definition) is 2. The molecular weight excluding hydrogens is 934 g/mol. The number of rotatable bonds is 20. The molecule has 4 aromatic rings. The van der Waals surface area contributed by atoms with Gasteiger partial charge in [-0.25, -0.2) is 9.97 Å². The number of thiocarbonyl (C=S) groups is 1. The molecule has 0 unspecified atom stereocenters. The zero-order chi connectivity index (χ0) is 50.1. The first-order chi connectivity index (χ1) is 32.7. The molecule has 0 saturated carbocycles. The van der Waals surface area contributed by atoms with Crippen LogP contribution in [0.1, 0.15) is 89.2 Å². The van der Waals surface area contributed by atoms with E-state index in [1.807, 2.05) is 57.5 Å². The summed E-state index contributed by atoms with van der Waals surface area (Å²) >= 11 is 7.18. The van der Waals surface area contributed by atoms with Crippen LogP contribution in [0.5, 0.6) is 5.75 Å². The minimum Gasteiger partial charge on any atom is -0.494 e. The minimum atomic E-state index is -4.86. The van der Waals surface area contributed by atoms with E-state index in [2.05, 4.69) is 20.6 Å². The molecular formula is C49H57F3N8O7S2. The smallest absolute Gasteiger partial charge is 0.419 e. The molecule has 4 heterocycles. The number of anilines is 2. The molecule has 0 spiro atoms. The Kier molecular flexibility index (Phi) is 17.2. The Bertz CT molecular complexity index is 2520. The maximum atomic E-state index is 13.9. The van der Waals surface area contributed by atoms with Gasteiger partial charge in [0.15, 0.2) is 10.8 Å². The number of halogens is 3. The number of hydrogen-bond acceptors (Lipinski definition) is 12. The SMILES string of the molecule is Cc1ncsc1-c1ccc(CNC(=O)[C@@H]2CCCN2C(=O)[C@@H](NC(=O)COCCCOCCCCOc2ccc(N3C(=S)N(c4cnc(C#N)c(C(F)(F)F)c4)C(=O)C3(C)C)cc2)C(C)(C)C)cc1. The number of benzene rings is 2. The van der Waals surface area contributed by atoms with E-state index in [1.54, 1.807) is 59.2 Å². The number of pyridine rings is 1. The summed E-state index contributed by atoms with van der Waals surface area (Å²) in [5, 5.41) is 14.9. The molecule has 2 atom stereocenters. The number of carbonyl (C=O) groups is 4. The second-order valence-corrected chi connectivity index (χ2v) is 19.5. The summed E-state index contributed by atoms with van der Waals surface area (Å²) in [4.78, 5) is 67.0. The van der Waals surface area contributed by atoms with E-state index in [1.165, 1.54) is 6.07 Å². The van der Waals surface area contributed by atoms with Gasteiger partial charge < -0.3 is 34.6 Å². The van der Waals surface area contributed by atoms with Crippen LogP contribution >= 0.6 is 23.6 Å². The first-order valence-electron chi connectivity index (χ1n) is 22.6. The maximum absolute atomic E-state index is 13.9. The molecule has 2 aromatic heterocycles. The summed E-state index contributed by atoms with van der Waals surface area (Å²) in [6.45, 7) is 12.9. The van der Waals surface area contributed by atoms with Crippen LogP contribution in [0.15, 0.2) is 66.3 Å². The first-order valence-corrected chi connectivity index (χ1v) is 23.9. The number of carbonyl (C=O) groups excluding carboxylic acids is 4. The van der Waals surface area contributed by atoms with Crippen LogP contribution in [0.2, 0.25) is 0 Å². The Morgan fingerprint density at radius 1 is 0.971 bits per heavy atom. The maximum Gasteiger partial charge on any atom is 0.419 e. The van der Waals surface area contributed by atoms with E-state index in [4.69, 9.17) is 31.7 Å². The molecule has 0 bridgehead atoms. The van der Waals surface area contributed by atoms with Crippen LogP contribution in [0.25, 0.3) is 10.4 Å². The Labute approximate surface area is 409 Å². The lowest BCUT2D eigenvalue weighted by Crippen LogP contribution is -2.58. The summed E-state index contributed by atoms with van der Waals surface area (Å²) < 4.78 is 58.2. The number of nitriles is 1. The number of likely N-dealkylation sites (tertiary alicyclic amines) is 1. The predicted molar refractivity (Wildman–Crippen MR) is 258 cm³/mol. The van der Waals surface area contributed by atoms with Crippen molar-refractivity contribution in [2.24, 2.45) is 5.41 Å². The summed E-state index contributed by atoms with van der Waals surface area (Å²) in [5.74, 6) is -0.945. The molecule has 2 aliphatic rings. The Hall–Kier alpha value is -6.01. The number of nitrogens with zero attached hydrogens (tertiary/aromatic N) is 6. The van der Waals surface area contributed by atoms with E-state index in [0.29, 0.717) is 76.1 Å². The van der Waals surface area contributed by atoms with Crippen molar-refractivity contribution >= 4 is 63.7 Å². The van der Waals surface area contributed by atoms with Crippen LogP contribution in [0, 0.1) is 23.7 Å². The number of aryl methyl sites for hydroxylation is 1. The zero-order valence-corrected chi connectivity index (χ0v) is 41.1. The van der Waals surface area contributed by atoms with Gasteiger partial charge >= 0.3 is 6.18 Å². The van der Waals surface area contributed by atoms with Crippen molar-refractivity contribution in [2.45, 2.75) is 104 Å². The Balaban J connectivity index is 0.857. The van der Waals surface area contributed by atoms with Gasteiger partial charge in [-0.1, -0.05) is 45.0 Å². The van der Waals surface area contributed by atoms with Crippen LogP contribution in [0.4, 0.5) is 24.5 Å². The number of alkyl halides is 3. The average molecular weight is 991 g/mol. The van der Waals surface area contributed by atoms with Crippen LogP contribution in [-0.4, -0.2) is 101 Å². The van der Waals surface area contributed by atoms with Gasteiger partial charge in [0.1, 0.15) is 36.0 Å². The fourth-order valence-electron chi connectivity index (χ4n) is 8.04. The van der Waals surface area contributed by atoms with Gasteiger partial charge in [-0.05, 0) is 112 Å². The predicted octanol–water partition coefficient (Wildman–Crippen LogP) is 7.74. The molecule has 20 heteroatoms. The quantitative estimate of drug-likeness (QED) is 0.0651. The lowest BCUT2D eigenvalue weighted by molar-refractivity contribution is -0.144. The number of aromatic nitrogens is 2. The molecule has 6 rings (SSSR count). The highest BCUT2D eigenvalue weighted by molar-refractivity contribution is 7.81. The summed E-state index contributed by atoms with van der Waals surface area (Å²) in [5.41, 5.74) is 1.19. The molecule has 2 saturated heterocycles. The number of thiazole rings is 1. The van der Waals surface area contributed by atoms with Gasteiger partial charge in [0, 0.05) is 38.6 Å². The lowest BCUT2D eigenvalue weighted by Gasteiger charge is -2.35.